The van der Waals surface area contributed by atoms with E-state index in [1.165, 1.54) is 5.56 Å². The highest BCUT2D eigenvalue weighted by Crippen LogP contribution is 2.29. The lowest BCUT2D eigenvalue weighted by Crippen LogP contribution is -3.00. The normalized spacial score (nSPS) is 14.3. The van der Waals surface area contributed by atoms with Gasteiger partial charge in [-0.3, -0.25) is 4.79 Å². The first kappa shape index (κ1) is 20.0. The maximum atomic E-state index is 12.8. The van der Waals surface area contributed by atoms with Crippen molar-refractivity contribution < 1.29 is 31.1 Å². The van der Waals surface area contributed by atoms with Crippen molar-refractivity contribution in [2.45, 2.75) is 19.4 Å². The first-order valence-electron chi connectivity index (χ1n) is 9.18. The quantitative estimate of drug-likeness (QED) is 0.455. The van der Waals surface area contributed by atoms with E-state index >= 15 is 0 Å². The molecule has 0 saturated heterocycles. The molecule has 0 radical (unpaired) electrons. The summed E-state index contributed by atoms with van der Waals surface area (Å²) in [4.78, 5) is 12.8. The first-order chi connectivity index (χ1) is 13.2. The lowest BCUT2D eigenvalue weighted by atomic mass is 9.86. The number of hydrogen-bond donors (Lipinski definition) is 0. The van der Waals surface area contributed by atoms with Crippen LogP contribution in [0.4, 0.5) is 0 Å². The number of aromatic nitrogens is 1. The van der Waals surface area contributed by atoms with Crippen LogP contribution < -0.4 is 26.3 Å². The molecule has 0 spiro atoms. The molecule has 1 heterocycles. The van der Waals surface area contributed by atoms with Crippen LogP contribution in [0.2, 0.25) is 0 Å². The summed E-state index contributed by atoms with van der Waals surface area (Å²) in [5.74, 6) is 0.930. The highest BCUT2D eigenvalue weighted by molar-refractivity contribution is 6.13. The van der Waals surface area contributed by atoms with Gasteiger partial charge in [0.2, 0.25) is 0 Å². The summed E-state index contributed by atoms with van der Waals surface area (Å²) in [5, 5.41) is 0. The van der Waals surface area contributed by atoms with Crippen LogP contribution in [0.15, 0.2) is 78.6 Å². The molecule has 3 nitrogen and oxygen atoms in total. The standard InChI is InChI=1S/C24H22NO2.BrH/c1-27-22-9-10-23-20(16-22)7-8-21(24(23)26)15-18-11-13-25(14-12-18)17-19-5-3-2-4-6-19;/h2-6,9-16H,7-8,17H2,1H3;1H/q+1;/p-1. The molecule has 0 N–H and O–H groups in total. The largest absolute Gasteiger partial charge is 1.00 e. The zero-order valence-electron chi connectivity index (χ0n) is 15.8. The van der Waals surface area contributed by atoms with Crippen molar-refractivity contribution in [2.75, 3.05) is 7.11 Å². The number of aryl methyl sites for hydroxylation is 1. The third kappa shape index (κ3) is 4.39. The van der Waals surface area contributed by atoms with Crippen LogP contribution in [0, 0.1) is 0 Å². The summed E-state index contributed by atoms with van der Waals surface area (Å²) in [7, 11) is 1.65. The van der Waals surface area contributed by atoms with E-state index in [9.17, 15) is 4.79 Å². The summed E-state index contributed by atoms with van der Waals surface area (Å²) in [6, 6.07) is 20.2. The van der Waals surface area contributed by atoms with Gasteiger partial charge < -0.3 is 21.7 Å². The molecule has 0 fully saturated rings. The van der Waals surface area contributed by atoms with Gasteiger partial charge in [0.15, 0.2) is 24.7 Å². The second-order valence-corrected chi connectivity index (χ2v) is 6.81. The molecule has 2 aromatic carbocycles. The Hall–Kier alpha value is -2.72. The number of ether oxygens (including phenoxy) is 1. The lowest BCUT2D eigenvalue weighted by Gasteiger charge is -2.18. The number of nitrogens with zero attached hydrogens (tertiary/aromatic N) is 1. The third-order valence-electron chi connectivity index (χ3n) is 4.98. The number of halogens is 1. The summed E-state index contributed by atoms with van der Waals surface area (Å²) >= 11 is 0. The molecule has 0 bridgehead atoms. The monoisotopic (exact) mass is 435 g/mol. The number of allylic oxidation sites excluding steroid dienone is 1. The molecule has 142 valence electrons. The maximum absolute atomic E-state index is 12.8. The molecule has 3 aromatic rings. The van der Waals surface area contributed by atoms with Crippen LogP contribution in [0.1, 0.15) is 33.5 Å². The van der Waals surface area contributed by atoms with Gasteiger partial charge in [-0.1, -0.05) is 30.3 Å². The Balaban J connectivity index is 0.00000225. The number of hydrogen-bond acceptors (Lipinski definition) is 2. The molecular weight excluding hydrogens is 414 g/mol. The first-order valence-corrected chi connectivity index (χ1v) is 9.18. The zero-order chi connectivity index (χ0) is 18.6. The molecule has 0 unspecified atom stereocenters. The van der Waals surface area contributed by atoms with Gasteiger partial charge >= 0.3 is 0 Å². The van der Waals surface area contributed by atoms with E-state index in [0.29, 0.717) is 0 Å². The van der Waals surface area contributed by atoms with Crippen LogP contribution in [0.25, 0.3) is 6.08 Å². The Kier molecular flexibility index (Phi) is 6.42. The van der Waals surface area contributed by atoms with E-state index in [-0.39, 0.29) is 22.8 Å². The van der Waals surface area contributed by atoms with Gasteiger partial charge in [-0.05, 0) is 48.2 Å². The van der Waals surface area contributed by atoms with Crippen molar-refractivity contribution in [1.82, 2.24) is 0 Å². The highest BCUT2D eigenvalue weighted by atomic mass is 79.9. The molecule has 4 rings (SSSR count). The number of carbonyl (C=O) groups excluding carboxylic acids is 1. The second kappa shape index (κ2) is 8.98. The van der Waals surface area contributed by atoms with Gasteiger partial charge in [-0.2, -0.15) is 0 Å². The average molecular weight is 436 g/mol. The fourth-order valence-electron chi connectivity index (χ4n) is 3.48. The van der Waals surface area contributed by atoms with Crippen molar-refractivity contribution in [3.05, 3.63) is 101 Å². The van der Waals surface area contributed by atoms with Crippen LogP contribution in [0.3, 0.4) is 0 Å². The summed E-state index contributed by atoms with van der Waals surface area (Å²) in [6.07, 6.45) is 7.77. The van der Waals surface area contributed by atoms with E-state index in [0.717, 1.165) is 47.4 Å². The van der Waals surface area contributed by atoms with Crippen molar-refractivity contribution in [1.29, 1.82) is 0 Å². The minimum atomic E-state index is 0. The smallest absolute Gasteiger partial charge is 0.189 e. The van der Waals surface area contributed by atoms with Crippen LogP contribution in [-0.4, -0.2) is 12.9 Å². The Morgan fingerprint density at radius 2 is 1.75 bits per heavy atom. The van der Waals surface area contributed by atoms with E-state index < -0.39 is 0 Å². The molecule has 0 saturated carbocycles. The van der Waals surface area contributed by atoms with Crippen molar-refractivity contribution in [2.24, 2.45) is 0 Å². The lowest BCUT2D eigenvalue weighted by molar-refractivity contribution is -0.688. The summed E-state index contributed by atoms with van der Waals surface area (Å²) < 4.78 is 7.40. The van der Waals surface area contributed by atoms with E-state index in [1.807, 2.05) is 30.3 Å². The predicted octanol–water partition coefficient (Wildman–Crippen LogP) is 1.25. The Morgan fingerprint density at radius 3 is 2.46 bits per heavy atom. The zero-order valence-corrected chi connectivity index (χ0v) is 17.4. The van der Waals surface area contributed by atoms with Gasteiger partial charge in [0.25, 0.3) is 0 Å². The molecule has 0 amide bonds. The fraction of sp³-hybridized carbons (Fsp3) is 0.167. The number of methoxy groups -OCH3 is 1. The topological polar surface area (TPSA) is 30.2 Å². The number of pyridine rings is 1. The molecule has 1 aromatic heterocycles. The van der Waals surface area contributed by atoms with Crippen molar-refractivity contribution in [3.63, 3.8) is 0 Å². The van der Waals surface area contributed by atoms with E-state index in [4.69, 9.17) is 4.74 Å². The third-order valence-corrected chi connectivity index (χ3v) is 4.98. The molecule has 0 aliphatic heterocycles. The number of carbonyl (C=O) groups is 1. The molecule has 1 aliphatic carbocycles. The Labute approximate surface area is 176 Å². The average Bonchev–Trinajstić information content (AvgIpc) is 2.72. The van der Waals surface area contributed by atoms with Gasteiger partial charge in [0, 0.05) is 28.8 Å². The van der Waals surface area contributed by atoms with Crippen LogP contribution in [0.5, 0.6) is 5.75 Å². The van der Waals surface area contributed by atoms with E-state index in [1.54, 1.807) is 7.11 Å². The SMILES string of the molecule is COc1ccc2c(c1)CCC(=Cc1cc[n+](Cc3ccccc3)cc1)C2=O.[Br-]. The Bertz CT molecular complexity index is 995. The number of fused-ring (bicyclic) bond motifs is 1. The van der Waals surface area contributed by atoms with Crippen LogP contribution in [-0.2, 0) is 13.0 Å². The Morgan fingerprint density at radius 1 is 1.00 bits per heavy atom. The molecular formula is C24H22BrNO2. The predicted molar refractivity (Wildman–Crippen MR) is 106 cm³/mol. The van der Waals surface area contributed by atoms with Gasteiger partial charge in [-0.25, -0.2) is 4.57 Å². The number of ketones is 1. The van der Waals surface area contributed by atoms with Crippen molar-refractivity contribution in [3.8, 4) is 5.75 Å². The molecule has 0 atom stereocenters. The summed E-state index contributed by atoms with van der Waals surface area (Å²) in [6.45, 7) is 0.839. The van der Waals surface area contributed by atoms with Crippen LogP contribution >= 0.6 is 0 Å². The maximum Gasteiger partial charge on any atom is 0.189 e. The number of benzene rings is 2. The van der Waals surface area contributed by atoms with Gasteiger partial charge in [-0.15, -0.1) is 0 Å². The second-order valence-electron chi connectivity index (χ2n) is 6.81. The fourth-order valence-corrected chi connectivity index (χ4v) is 3.48. The van der Waals surface area contributed by atoms with Gasteiger partial charge in [0.05, 0.1) is 7.11 Å². The number of rotatable bonds is 4. The highest BCUT2D eigenvalue weighted by Gasteiger charge is 2.22. The molecule has 4 heteroatoms. The minimum absolute atomic E-state index is 0. The van der Waals surface area contributed by atoms with Gasteiger partial charge in [0.1, 0.15) is 5.75 Å². The molecule has 1 aliphatic rings. The minimum Gasteiger partial charge on any atom is -1.00 e. The summed E-state index contributed by atoms with van der Waals surface area (Å²) in [5.41, 5.74) is 5.06. The number of Topliss-reactive ketones (excluding diaryl/α,β-unsaturated/α-hetero) is 1. The molecule has 28 heavy (non-hydrogen) atoms. The van der Waals surface area contributed by atoms with E-state index in [2.05, 4.69) is 53.4 Å². The van der Waals surface area contributed by atoms with Crippen molar-refractivity contribution >= 4 is 11.9 Å².